The fourth-order valence-corrected chi connectivity index (χ4v) is 2.90. The highest BCUT2D eigenvalue weighted by Crippen LogP contribution is 2.24. The monoisotopic (exact) mass is 377 g/mol. The zero-order chi connectivity index (χ0) is 19.9. The summed E-state index contributed by atoms with van der Waals surface area (Å²) in [5.41, 5.74) is 4.47. The summed E-state index contributed by atoms with van der Waals surface area (Å²) in [5.74, 6) is 1.23. The highest BCUT2D eigenvalue weighted by Gasteiger charge is 2.07. The summed E-state index contributed by atoms with van der Waals surface area (Å²) in [6.45, 7) is 0.634. The first kappa shape index (κ1) is 18.2. The number of benzene rings is 3. The topological polar surface area (TPSA) is 73.6 Å². The molecule has 0 unspecified atom stereocenters. The van der Waals surface area contributed by atoms with Crippen molar-refractivity contribution in [3.8, 4) is 17.3 Å². The van der Waals surface area contributed by atoms with E-state index in [0.29, 0.717) is 23.9 Å². The van der Waals surface area contributed by atoms with Crippen LogP contribution >= 0.6 is 0 Å². The number of nitrogens with zero attached hydrogens (tertiary/aromatic N) is 3. The molecule has 2 N–H and O–H groups in total. The van der Waals surface area contributed by atoms with Crippen molar-refractivity contribution in [2.45, 2.75) is 6.54 Å². The molecule has 0 aliphatic heterocycles. The zero-order valence-electron chi connectivity index (χ0n) is 15.7. The first-order valence-electron chi connectivity index (χ1n) is 9.30. The maximum Gasteiger partial charge on any atom is 0.225 e. The average Bonchev–Trinajstić information content (AvgIpc) is 2.79. The van der Waals surface area contributed by atoms with Crippen LogP contribution in [0, 0.1) is 11.3 Å². The van der Waals surface area contributed by atoms with Crippen LogP contribution in [0.4, 0.5) is 17.5 Å². The summed E-state index contributed by atoms with van der Waals surface area (Å²) < 4.78 is 0. The highest BCUT2D eigenvalue weighted by molar-refractivity contribution is 5.67. The first-order chi connectivity index (χ1) is 14.3. The molecule has 0 bridgehead atoms. The van der Waals surface area contributed by atoms with Gasteiger partial charge in [-0.3, -0.25) is 0 Å². The van der Waals surface area contributed by atoms with E-state index in [1.54, 1.807) is 12.1 Å². The normalized spacial score (nSPS) is 10.2. The number of nitriles is 1. The molecule has 140 valence electrons. The summed E-state index contributed by atoms with van der Waals surface area (Å²) >= 11 is 0. The lowest BCUT2D eigenvalue weighted by atomic mass is 10.1. The van der Waals surface area contributed by atoms with Crippen LogP contribution in [0.5, 0.6) is 0 Å². The number of aromatic nitrogens is 2. The van der Waals surface area contributed by atoms with Crippen LogP contribution in [0.1, 0.15) is 11.1 Å². The van der Waals surface area contributed by atoms with Gasteiger partial charge in [-0.15, -0.1) is 0 Å². The van der Waals surface area contributed by atoms with Crippen LogP contribution in [0.15, 0.2) is 91.0 Å². The number of hydrogen-bond acceptors (Lipinski definition) is 5. The molecule has 1 aromatic heterocycles. The van der Waals surface area contributed by atoms with Crippen LogP contribution in [-0.4, -0.2) is 9.97 Å². The predicted molar refractivity (Wildman–Crippen MR) is 116 cm³/mol. The van der Waals surface area contributed by atoms with Gasteiger partial charge in [0.15, 0.2) is 0 Å². The lowest BCUT2D eigenvalue weighted by molar-refractivity contribution is 1.06. The molecular formula is C24H19N5. The van der Waals surface area contributed by atoms with E-state index in [4.69, 9.17) is 5.26 Å². The molecule has 0 radical (unpaired) electrons. The van der Waals surface area contributed by atoms with Crippen LogP contribution in [-0.2, 0) is 6.54 Å². The van der Waals surface area contributed by atoms with Crippen molar-refractivity contribution in [2.75, 3.05) is 10.6 Å². The Morgan fingerprint density at radius 1 is 0.793 bits per heavy atom. The zero-order valence-corrected chi connectivity index (χ0v) is 15.7. The summed E-state index contributed by atoms with van der Waals surface area (Å²) in [5, 5.41) is 15.6. The summed E-state index contributed by atoms with van der Waals surface area (Å²) in [4.78, 5) is 9.30. The van der Waals surface area contributed by atoms with Gasteiger partial charge in [-0.1, -0.05) is 60.7 Å². The minimum absolute atomic E-state index is 0.548. The number of hydrogen-bond donors (Lipinski definition) is 2. The summed E-state index contributed by atoms with van der Waals surface area (Å²) in [6, 6.07) is 31.5. The van der Waals surface area contributed by atoms with Crippen LogP contribution in [0.2, 0.25) is 0 Å². The molecule has 29 heavy (non-hydrogen) atoms. The van der Waals surface area contributed by atoms with E-state index >= 15 is 0 Å². The van der Waals surface area contributed by atoms with Gasteiger partial charge in [0.25, 0.3) is 0 Å². The molecule has 4 aromatic rings. The lowest BCUT2D eigenvalue weighted by Gasteiger charge is -2.12. The Hall–Kier alpha value is -4.17. The molecule has 0 spiro atoms. The Morgan fingerprint density at radius 2 is 1.48 bits per heavy atom. The maximum atomic E-state index is 8.97. The Kier molecular flexibility index (Phi) is 5.45. The van der Waals surface area contributed by atoms with Crippen LogP contribution in [0.25, 0.3) is 11.3 Å². The second-order valence-corrected chi connectivity index (χ2v) is 6.48. The minimum atomic E-state index is 0.548. The minimum Gasteiger partial charge on any atom is -0.350 e. The smallest absolute Gasteiger partial charge is 0.225 e. The quantitative estimate of drug-likeness (QED) is 0.472. The van der Waals surface area contributed by atoms with E-state index in [1.807, 2.05) is 66.7 Å². The van der Waals surface area contributed by atoms with Gasteiger partial charge in [-0.25, -0.2) is 4.98 Å². The molecule has 0 saturated heterocycles. The largest absolute Gasteiger partial charge is 0.350 e. The van der Waals surface area contributed by atoms with E-state index in [9.17, 15) is 0 Å². The van der Waals surface area contributed by atoms with Gasteiger partial charge in [0, 0.05) is 23.9 Å². The summed E-state index contributed by atoms with van der Waals surface area (Å²) in [7, 11) is 0. The molecular weight excluding hydrogens is 358 g/mol. The van der Waals surface area contributed by atoms with Crippen molar-refractivity contribution in [3.05, 3.63) is 102 Å². The van der Waals surface area contributed by atoms with Gasteiger partial charge in [0.1, 0.15) is 5.82 Å². The first-order valence-corrected chi connectivity index (χ1v) is 9.30. The van der Waals surface area contributed by atoms with Gasteiger partial charge in [-0.05, 0) is 29.8 Å². The van der Waals surface area contributed by atoms with Crippen molar-refractivity contribution < 1.29 is 0 Å². The molecule has 0 aliphatic rings. The molecule has 0 aliphatic carbocycles. The van der Waals surface area contributed by atoms with Gasteiger partial charge in [-0.2, -0.15) is 10.2 Å². The Bertz CT molecular complexity index is 1120. The van der Waals surface area contributed by atoms with E-state index in [-0.39, 0.29) is 0 Å². The van der Waals surface area contributed by atoms with E-state index < -0.39 is 0 Å². The third-order valence-electron chi connectivity index (χ3n) is 4.38. The molecule has 4 rings (SSSR count). The van der Waals surface area contributed by atoms with Gasteiger partial charge in [0.05, 0.1) is 17.3 Å². The molecule has 0 fully saturated rings. The molecule has 0 amide bonds. The molecule has 5 heteroatoms. The molecule has 0 atom stereocenters. The number of nitrogens with one attached hydrogen (secondary N) is 2. The maximum absolute atomic E-state index is 8.97. The number of rotatable bonds is 6. The van der Waals surface area contributed by atoms with Gasteiger partial charge in [0.2, 0.25) is 5.95 Å². The average molecular weight is 377 g/mol. The van der Waals surface area contributed by atoms with E-state index in [0.717, 1.165) is 22.5 Å². The highest BCUT2D eigenvalue weighted by atomic mass is 15.1. The van der Waals surface area contributed by atoms with Crippen LogP contribution < -0.4 is 10.6 Å². The fraction of sp³-hybridized carbons (Fsp3) is 0.0417. The van der Waals surface area contributed by atoms with E-state index in [1.165, 1.54) is 0 Å². The standard InChI is InChI=1S/C24H19N5/c25-16-18-11-13-21(14-12-18)27-23-15-22(20-9-5-2-6-10-20)28-24(29-23)26-17-19-7-3-1-4-8-19/h1-15H,17H2,(H2,26,27,28,29). The Labute approximate surface area is 169 Å². The van der Waals surface area contributed by atoms with Crippen molar-refractivity contribution in [3.63, 3.8) is 0 Å². The van der Waals surface area contributed by atoms with E-state index in [2.05, 4.69) is 38.8 Å². The predicted octanol–water partition coefficient (Wildman–Crippen LogP) is 5.37. The molecule has 1 heterocycles. The van der Waals surface area contributed by atoms with Crippen LogP contribution in [0.3, 0.4) is 0 Å². The Morgan fingerprint density at radius 3 is 2.17 bits per heavy atom. The SMILES string of the molecule is N#Cc1ccc(Nc2cc(-c3ccccc3)nc(NCc3ccccc3)n2)cc1. The van der Waals surface area contributed by atoms with Crippen molar-refractivity contribution >= 4 is 17.5 Å². The van der Waals surface area contributed by atoms with Crippen molar-refractivity contribution in [1.29, 1.82) is 5.26 Å². The van der Waals surface area contributed by atoms with Crippen molar-refractivity contribution in [1.82, 2.24) is 9.97 Å². The fourth-order valence-electron chi connectivity index (χ4n) is 2.90. The second-order valence-electron chi connectivity index (χ2n) is 6.48. The molecule has 5 nitrogen and oxygen atoms in total. The molecule has 3 aromatic carbocycles. The van der Waals surface area contributed by atoms with Gasteiger partial charge >= 0.3 is 0 Å². The second kappa shape index (κ2) is 8.68. The third kappa shape index (κ3) is 4.76. The summed E-state index contributed by atoms with van der Waals surface area (Å²) in [6.07, 6.45) is 0. The number of anilines is 3. The Balaban J connectivity index is 1.63. The molecule has 0 saturated carbocycles. The van der Waals surface area contributed by atoms with Crippen molar-refractivity contribution in [2.24, 2.45) is 0 Å². The van der Waals surface area contributed by atoms with Gasteiger partial charge < -0.3 is 10.6 Å². The lowest BCUT2D eigenvalue weighted by Crippen LogP contribution is -2.06. The third-order valence-corrected chi connectivity index (χ3v) is 4.38.